The fraction of sp³-hybridized carbons (Fsp3) is 0.125. The number of nitrogens with two attached hydrogens (primary N) is 1. The summed E-state index contributed by atoms with van der Waals surface area (Å²) in [6.45, 7) is 0.0447. The molecule has 84 valence electrons. The van der Waals surface area contributed by atoms with Crippen molar-refractivity contribution in [3.63, 3.8) is 0 Å². The summed E-state index contributed by atoms with van der Waals surface area (Å²) in [6, 6.07) is 2.70. The molecule has 2 rings (SSSR count). The molecule has 0 amide bonds. The number of nitrogens with one attached hydrogen (secondary N) is 1. The SMILES string of the molecule is NC(=S)Nc1cc2c(cc1[N+](=O)[O-])OCO2. The Bertz CT molecular complexity index is 477. The van der Waals surface area contributed by atoms with Crippen LogP contribution >= 0.6 is 12.2 Å². The summed E-state index contributed by atoms with van der Waals surface area (Å²) in [7, 11) is 0. The number of rotatable bonds is 2. The van der Waals surface area contributed by atoms with Gasteiger partial charge in [0.1, 0.15) is 5.69 Å². The average molecular weight is 241 g/mol. The summed E-state index contributed by atoms with van der Waals surface area (Å²) in [5.74, 6) is 0.754. The number of nitro groups is 1. The summed E-state index contributed by atoms with van der Waals surface area (Å²) in [5, 5.41) is 13.3. The molecule has 0 saturated carbocycles. The highest BCUT2D eigenvalue weighted by atomic mass is 32.1. The van der Waals surface area contributed by atoms with E-state index >= 15 is 0 Å². The molecule has 0 saturated heterocycles. The van der Waals surface area contributed by atoms with E-state index in [0.717, 1.165) is 0 Å². The molecule has 0 aliphatic carbocycles. The number of nitrogens with zero attached hydrogens (tertiary/aromatic N) is 1. The Morgan fingerprint density at radius 3 is 2.69 bits per heavy atom. The van der Waals surface area contributed by atoms with Crippen LogP contribution in [0.2, 0.25) is 0 Å². The lowest BCUT2D eigenvalue weighted by molar-refractivity contribution is -0.384. The number of hydrogen-bond acceptors (Lipinski definition) is 5. The number of anilines is 1. The average Bonchev–Trinajstić information content (AvgIpc) is 2.62. The highest BCUT2D eigenvalue weighted by Gasteiger charge is 2.23. The largest absolute Gasteiger partial charge is 0.454 e. The van der Waals surface area contributed by atoms with Gasteiger partial charge in [-0.3, -0.25) is 10.1 Å². The lowest BCUT2D eigenvalue weighted by Gasteiger charge is -2.05. The normalized spacial score (nSPS) is 12.2. The lowest BCUT2D eigenvalue weighted by atomic mass is 10.2. The van der Waals surface area contributed by atoms with E-state index < -0.39 is 4.92 Å². The van der Waals surface area contributed by atoms with Gasteiger partial charge in [-0.15, -0.1) is 0 Å². The van der Waals surface area contributed by atoms with Crippen LogP contribution in [0.15, 0.2) is 12.1 Å². The number of fused-ring (bicyclic) bond motifs is 1. The molecule has 0 aromatic heterocycles. The van der Waals surface area contributed by atoms with E-state index in [0.29, 0.717) is 11.5 Å². The summed E-state index contributed by atoms with van der Waals surface area (Å²) < 4.78 is 10.1. The zero-order chi connectivity index (χ0) is 11.7. The summed E-state index contributed by atoms with van der Waals surface area (Å²) in [6.07, 6.45) is 0. The summed E-state index contributed by atoms with van der Waals surface area (Å²) in [4.78, 5) is 10.2. The van der Waals surface area contributed by atoms with Crippen molar-refractivity contribution >= 4 is 28.7 Å². The third kappa shape index (κ3) is 1.82. The first kappa shape index (κ1) is 10.4. The van der Waals surface area contributed by atoms with Crippen molar-refractivity contribution in [3.05, 3.63) is 22.2 Å². The van der Waals surface area contributed by atoms with E-state index in [1.54, 1.807) is 0 Å². The fourth-order valence-electron chi connectivity index (χ4n) is 1.32. The van der Waals surface area contributed by atoms with Gasteiger partial charge >= 0.3 is 0 Å². The second-order valence-corrected chi connectivity index (χ2v) is 3.41. The first-order valence-electron chi connectivity index (χ1n) is 4.22. The number of ether oxygens (including phenoxy) is 2. The van der Waals surface area contributed by atoms with E-state index in [1.807, 2.05) is 0 Å². The van der Waals surface area contributed by atoms with Gasteiger partial charge in [0.25, 0.3) is 5.69 Å². The van der Waals surface area contributed by atoms with Gasteiger partial charge < -0.3 is 20.5 Å². The van der Waals surface area contributed by atoms with Gasteiger partial charge in [-0.1, -0.05) is 0 Å². The van der Waals surface area contributed by atoms with Gasteiger partial charge in [0.2, 0.25) is 6.79 Å². The maximum Gasteiger partial charge on any atom is 0.296 e. The van der Waals surface area contributed by atoms with Gasteiger partial charge in [-0.25, -0.2) is 0 Å². The molecule has 8 heteroatoms. The Morgan fingerprint density at radius 2 is 2.12 bits per heavy atom. The predicted octanol–water partition coefficient (Wildman–Crippen LogP) is 0.979. The summed E-state index contributed by atoms with van der Waals surface area (Å²) >= 11 is 4.62. The maximum atomic E-state index is 10.8. The third-order valence-electron chi connectivity index (χ3n) is 1.95. The van der Waals surface area contributed by atoms with Gasteiger partial charge in [-0.05, 0) is 12.2 Å². The lowest BCUT2D eigenvalue weighted by Crippen LogP contribution is -2.19. The first-order chi connectivity index (χ1) is 7.58. The van der Waals surface area contributed by atoms with Crippen LogP contribution in [-0.4, -0.2) is 16.8 Å². The van der Waals surface area contributed by atoms with Gasteiger partial charge in [-0.2, -0.15) is 0 Å². The van der Waals surface area contributed by atoms with E-state index in [9.17, 15) is 10.1 Å². The quantitative estimate of drug-likeness (QED) is 0.452. The molecule has 1 aromatic rings. The van der Waals surface area contributed by atoms with Crippen LogP contribution in [0, 0.1) is 10.1 Å². The molecule has 0 bridgehead atoms. The zero-order valence-electron chi connectivity index (χ0n) is 7.93. The number of hydrogen-bond donors (Lipinski definition) is 2. The van der Waals surface area contributed by atoms with Crippen molar-refractivity contribution in [1.82, 2.24) is 0 Å². The Kier molecular flexibility index (Phi) is 2.49. The van der Waals surface area contributed by atoms with Gasteiger partial charge in [0, 0.05) is 6.07 Å². The van der Waals surface area contributed by atoms with Gasteiger partial charge in [0.15, 0.2) is 16.6 Å². The highest BCUT2D eigenvalue weighted by molar-refractivity contribution is 7.80. The van der Waals surface area contributed by atoms with Crippen molar-refractivity contribution in [1.29, 1.82) is 0 Å². The van der Waals surface area contributed by atoms with Crippen LogP contribution in [0.5, 0.6) is 11.5 Å². The molecule has 1 aromatic carbocycles. The zero-order valence-corrected chi connectivity index (χ0v) is 8.74. The minimum Gasteiger partial charge on any atom is -0.454 e. The van der Waals surface area contributed by atoms with Crippen molar-refractivity contribution in [2.24, 2.45) is 5.73 Å². The molecule has 0 fully saturated rings. The first-order valence-corrected chi connectivity index (χ1v) is 4.63. The van der Waals surface area contributed by atoms with E-state index in [4.69, 9.17) is 15.2 Å². The van der Waals surface area contributed by atoms with Crippen LogP contribution in [0.1, 0.15) is 0 Å². The second-order valence-electron chi connectivity index (χ2n) is 2.97. The molecule has 0 atom stereocenters. The van der Waals surface area contributed by atoms with Crippen molar-refractivity contribution in [3.8, 4) is 11.5 Å². The maximum absolute atomic E-state index is 10.8. The molecular weight excluding hydrogens is 234 g/mol. The molecule has 7 nitrogen and oxygen atoms in total. The Balaban J connectivity index is 2.48. The number of thiocarbonyl (C=S) groups is 1. The number of nitro benzene ring substituents is 1. The molecule has 3 N–H and O–H groups in total. The predicted molar refractivity (Wildman–Crippen MR) is 59.6 cm³/mol. The van der Waals surface area contributed by atoms with Crippen LogP contribution in [-0.2, 0) is 0 Å². The van der Waals surface area contributed by atoms with Crippen LogP contribution in [0.4, 0.5) is 11.4 Å². The van der Waals surface area contributed by atoms with Crippen molar-refractivity contribution < 1.29 is 14.4 Å². The van der Waals surface area contributed by atoms with E-state index in [2.05, 4.69) is 17.5 Å². The van der Waals surface area contributed by atoms with Crippen LogP contribution in [0.3, 0.4) is 0 Å². The molecule has 0 radical (unpaired) electrons. The van der Waals surface area contributed by atoms with E-state index in [1.165, 1.54) is 12.1 Å². The Morgan fingerprint density at radius 1 is 1.50 bits per heavy atom. The molecule has 16 heavy (non-hydrogen) atoms. The third-order valence-corrected chi connectivity index (χ3v) is 2.05. The molecular formula is C8H7N3O4S. The minimum absolute atomic E-state index is 0.0447. The standard InChI is InChI=1S/C8H7N3O4S/c9-8(16)10-4-1-6-7(15-3-14-6)2-5(4)11(12)13/h1-2H,3H2,(H3,9,10,16). The molecule has 1 aliphatic rings. The molecule has 0 spiro atoms. The molecule has 1 heterocycles. The van der Waals surface area contributed by atoms with Crippen LogP contribution in [0.25, 0.3) is 0 Å². The molecule has 0 unspecified atom stereocenters. The smallest absolute Gasteiger partial charge is 0.296 e. The summed E-state index contributed by atoms with van der Waals surface area (Å²) in [5.41, 5.74) is 5.28. The fourth-order valence-corrected chi connectivity index (χ4v) is 1.43. The van der Waals surface area contributed by atoms with E-state index in [-0.39, 0.29) is 23.3 Å². The number of benzene rings is 1. The van der Waals surface area contributed by atoms with Crippen molar-refractivity contribution in [2.45, 2.75) is 0 Å². The van der Waals surface area contributed by atoms with Crippen molar-refractivity contribution in [2.75, 3.05) is 12.1 Å². The van der Waals surface area contributed by atoms with Crippen LogP contribution < -0.4 is 20.5 Å². The molecule has 1 aliphatic heterocycles. The Hall–Kier alpha value is -2.09. The minimum atomic E-state index is -0.553. The van der Waals surface area contributed by atoms with Gasteiger partial charge in [0.05, 0.1) is 11.0 Å². The highest BCUT2D eigenvalue weighted by Crippen LogP contribution is 2.40. The Labute approximate surface area is 95.3 Å². The second kappa shape index (κ2) is 3.81. The topological polar surface area (TPSA) is 99.7 Å². The monoisotopic (exact) mass is 241 g/mol.